The van der Waals surface area contributed by atoms with Crippen molar-refractivity contribution in [2.45, 2.75) is 111 Å². The van der Waals surface area contributed by atoms with E-state index in [1.54, 1.807) is 0 Å². The highest BCUT2D eigenvalue weighted by atomic mass is 16.5. The van der Waals surface area contributed by atoms with Crippen LogP contribution in [0.25, 0.3) is 0 Å². The summed E-state index contributed by atoms with van der Waals surface area (Å²) in [5.74, 6) is 0.0320. The van der Waals surface area contributed by atoms with Crippen molar-refractivity contribution in [3.8, 4) is 11.5 Å². The molecule has 0 bridgehead atoms. The van der Waals surface area contributed by atoms with Crippen molar-refractivity contribution in [1.29, 1.82) is 0 Å². The van der Waals surface area contributed by atoms with Crippen LogP contribution < -0.4 is 9.47 Å². The van der Waals surface area contributed by atoms with Crippen LogP contribution in [0.2, 0.25) is 0 Å². The first kappa shape index (κ1) is 32.1. The molecule has 2 aromatic rings. The lowest BCUT2D eigenvalue weighted by Gasteiger charge is -2.31. The van der Waals surface area contributed by atoms with Crippen LogP contribution in [0.5, 0.6) is 11.5 Å². The normalized spacial score (nSPS) is 12.6. The Morgan fingerprint density at radius 2 is 0.897 bits per heavy atom. The van der Waals surface area contributed by atoms with Crippen LogP contribution in [0.1, 0.15) is 116 Å². The van der Waals surface area contributed by atoms with E-state index in [0.717, 1.165) is 33.4 Å². The average Bonchev–Trinajstić information content (AvgIpc) is 2.77. The Morgan fingerprint density at radius 3 is 1.13 bits per heavy atom. The minimum absolute atomic E-state index is 0.141. The Labute approximate surface area is 236 Å². The van der Waals surface area contributed by atoms with Gasteiger partial charge in [0.15, 0.2) is 0 Å². The average molecular weight is 533 g/mol. The Bertz CT molecular complexity index is 1170. The minimum atomic E-state index is -0.512. The summed E-state index contributed by atoms with van der Waals surface area (Å²) in [5, 5.41) is 0. The fourth-order valence-corrected chi connectivity index (χ4v) is 4.35. The zero-order valence-corrected chi connectivity index (χ0v) is 26.2. The van der Waals surface area contributed by atoms with E-state index in [1.807, 2.05) is 0 Å². The molecule has 0 fully saturated rings. The van der Waals surface area contributed by atoms with Crippen LogP contribution in [0.3, 0.4) is 0 Å². The van der Waals surface area contributed by atoms with Gasteiger partial charge in [-0.25, -0.2) is 9.59 Å². The second-order valence-corrected chi connectivity index (χ2v) is 14.5. The Kier molecular flexibility index (Phi) is 9.17. The summed E-state index contributed by atoms with van der Waals surface area (Å²) < 4.78 is 11.9. The third-order valence-corrected chi connectivity index (χ3v) is 6.80. The molecule has 4 heteroatoms. The molecular formula is C35H48O4. The standard InChI is InChI=1S/C35H48O4/c1-15-28(36)38-30-22(18-24(32(3,4)5)20-26(30)34(9,10)11)17-23-19-25(33(6,7)8)21-27(35(12,13)14)31(23)39-29(37)16-2/h15-16,18-21H,1-2,17H2,3-14H3. The number of esters is 2. The molecule has 0 saturated heterocycles. The van der Waals surface area contributed by atoms with E-state index < -0.39 is 11.9 Å². The first-order chi connectivity index (χ1) is 17.6. The van der Waals surface area contributed by atoms with Crippen LogP contribution in [0.4, 0.5) is 0 Å². The number of benzene rings is 2. The van der Waals surface area contributed by atoms with Gasteiger partial charge in [-0.15, -0.1) is 0 Å². The highest BCUT2D eigenvalue weighted by Gasteiger charge is 2.30. The molecule has 39 heavy (non-hydrogen) atoms. The molecule has 0 heterocycles. The molecule has 4 nitrogen and oxygen atoms in total. The molecule has 0 aliphatic carbocycles. The van der Waals surface area contributed by atoms with Gasteiger partial charge < -0.3 is 9.47 Å². The van der Waals surface area contributed by atoms with Crippen molar-refractivity contribution in [2.24, 2.45) is 0 Å². The van der Waals surface area contributed by atoms with Gasteiger partial charge in [0.05, 0.1) is 0 Å². The lowest BCUT2D eigenvalue weighted by Crippen LogP contribution is -2.22. The highest BCUT2D eigenvalue weighted by molar-refractivity contribution is 5.85. The predicted molar refractivity (Wildman–Crippen MR) is 162 cm³/mol. The Morgan fingerprint density at radius 1 is 0.590 bits per heavy atom. The van der Waals surface area contributed by atoms with Gasteiger partial charge in [-0.1, -0.05) is 121 Å². The molecule has 0 N–H and O–H groups in total. The van der Waals surface area contributed by atoms with Gasteiger partial charge in [-0.2, -0.15) is 0 Å². The van der Waals surface area contributed by atoms with E-state index in [2.05, 4.69) is 121 Å². The monoisotopic (exact) mass is 532 g/mol. The molecule has 0 atom stereocenters. The minimum Gasteiger partial charge on any atom is -0.423 e. The molecule has 0 aliphatic rings. The lowest BCUT2D eigenvalue weighted by atomic mass is 9.76. The maximum atomic E-state index is 12.5. The summed E-state index contributed by atoms with van der Waals surface area (Å²) >= 11 is 0. The molecular weight excluding hydrogens is 484 g/mol. The van der Waals surface area contributed by atoms with Gasteiger partial charge in [0.1, 0.15) is 11.5 Å². The van der Waals surface area contributed by atoms with Crippen molar-refractivity contribution < 1.29 is 19.1 Å². The second-order valence-electron chi connectivity index (χ2n) is 14.5. The SMILES string of the molecule is C=CC(=O)Oc1c(Cc2cc(C(C)(C)C)cc(C(C)(C)C)c2OC(=O)C=C)cc(C(C)(C)C)cc1C(C)(C)C. The zero-order valence-electron chi connectivity index (χ0n) is 26.2. The first-order valence-electron chi connectivity index (χ1n) is 13.6. The van der Waals surface area contributed by atoms with Crippen LogP contribution >= 0.6 is 0 Å². The summed E-state index contributed by atoms with van der Waals surface area (Å²) in [4.78, 5) is 25.1. The van der Waals surface area contributed by atoms with E-state index in [4.69, 9.17) is 9.47 Å². The van der Waals surface area contributed by atoms with E-state index in [-0.39, 0.29) is 21.7 Å². The fraction of sp³-hybridized carbons (Fsp3) is 0.486. The number of carbonyl (C=O) groups is 2. The molecule has 0 aromatic heterocycles. The maximum Gasteiger partial charge on any atom is 0.335 e. The van der Waals surface area contributed by atoms with Gasteiger partial charge in [0, 0.05) is 40.8 Å². The lowest BCUT2D eigenvalue weighted by molar-refractivity contribution is -0.129. The van der Waals surface area contributed by atoms with E-state index >= 15 is 0 Å². The Hall–Kier alpha value is -3.14. The van der Waals surface area contributed by atoms with Gasteiger partial charge in [-0.3, -0.25) is 0 Å². The molecule has 0 unspecified atom stereocenters. The third kappa shape index (κ3) is 7.94. The molecule has 2 rings (SSSR count). The predicted octanol–water partition coefficient (Wildman–Crippen LogP) is 8.65. The van der Waals surface area contributed by atoms with Crippen LogP contribution in [-0.4, -0.2) is 11.9 Å². The molecule has 212 valence electrons. The molecule has 0 amide bonds. The Balaban J connectivity index is 3.05. The van der Waals surface area contributed by atoms with Crippen LogP contribution in [-0.2, 0) is 37.7 Å². The summed E-state index contributed by atoms with van der Waals surface area (Å²) in [5.41, 5.74) is 4.97. The maximum absolute atomic E-state index is 12.5. The summed E-state index contributed by atoms with van der Waals surface area (Å²) in [6.07, 6.45) is 2.77. The topological polar surface area (TPSA) is 52.6 Å². The van der Waals surface area contributed by atoms with E-state index in [0.29, 0.717) is 17.9 Å². The van der Waals surface area contributed by atoms with Gasteiger partial charge in [-0.05, 0) is 32.8 Å². The van der Waals surface area contributed by atoms with E-state index in [9.17, 15) is 9.59 Å². The number of ether oxygens (including phenoxy) is 2. The summed E-state index contributed by atoms with van der Waals surface area (Å²) in [6.45, 7) is 32.9. The van der Waals surface area contributed by atoms with Crippen LogP contribution in [0, 0.1) is 0 Å². The molecule has 0 radical (unpaired) electrons. The highest BCUT2D eigenvalue weighted by Crippen LogP contribution is 2.43. The number of rotatable bonds is 6. The molecule has 2 aromatic carbocycles. The smallest absolute Gasteiger partial charge is 0.335 e. The third-order valence-electron chi connectivity index (χ3n) is 6.80. The van der Waals surface area contributed by atoms with Gasteiger partial charge in [0.2, 0.25) is 0 Å². The van der Waals surface area contributed by atoms with Gasteiger partial charge >= 0.3 is 11.9 Å². The fourth-order valence-electron chi connectivity index (χ4n) is 4.35. The molecule has 0 spiro atoms. The van der Waals surface area contributed by atoms with Crippen molar-refractivity contribution in [1.82, 2.24) is 0 Å². The van der Waals surface area contributed by atoms with Crippen molar-refractivity contribution in [2.75, 3.05) is 0 Å². The molecule has 0 saturated carbocycles. The zero-order chi connectivity index (χ0) is 30.1. The number of carbonyl (C=O) groups excluding carboxylic acids is 2. The summed E-state index contributed by atoms with van der Waals surface area (Å²) in [6, 6.07) is 8.50. The quantitative estimate of drug-likeness (QED) is 0.212. The van der Waals surface area contributed by atoms with Crippen molar-refractivity contribution in [3.05, 3.63) is 83.0 Å². The van der Waals surface area contributed by atoms with Crippen LogP contribution in [0.15, 0.2) is 49.6 Å². The largest absolute Gasteiger partial charge is 0.423 e. The molecule has 0 aliphatic heterocycles. The number of hydrogen-bond donors (Lipinski definition) is 0. The van der Waals surface area contributed by atoms with Crippen molar-refractivity contribution in [3.63, 3.8) is 0 Å². The van der Waals surface area contributed by atoms with Crippen molar-refractivity contribution >= 4 is 11.9 Å². The number of hydrogen-bond acceptors (Lipinski definition) is 4. The first-order valence-corrected chi connectivity index (χ1v) is 13.6. The van der Waals surface area contributed by atoms with E-state index in [1.165, 1.54) is 12.2 Å². The summed E-state index contributed by atoms with van der Waals surface area (Å²) in [7, 11) is 0. The van der Waals surface area contributed by atoms with Gasteiger partial charge in [0.25, 0.3) is 0 Å². The second kappa shape index (κ2) is 11.2.